The first-order valence-corrected chi connectivity index (χ1v) is 7.96. The van der Waals surface area contributed by atoms with E-state index < -0.39 is 0 Å². The molecule has 0 radical (unpaired) electrons. The molecule has 1 fully saturated rings. The van der Waals surface area contributed by atoms with Gasteiger partial charge in [-0.05, 0) is 57.2 Å². The number of ether oxygens (including phenoxy) is 1. The van der Waals surface area contributed by atoms with Crippen molar-refractivity contribution >= 4 is 0 Å². The SMILES string of the molecule is CCN1CCC(N(C)Cc2cc(CN)ccc2OC)CC1. The smallest absolute Gasteiger partial charge is 0.123 e. The number of methoxy groups -OCH3 is 1. The molecule has 1 aliphatic heterocycles. The summed E-state index contributed by atoms with van der Waals surface area (Å²) < 4.78 is 5.49. The normalized spacial score (nSPS) is 17.4. The van der Waals surface area contributed by atoms with Gasteiger partial charge in [0.25, 0.3) is 0 Å². The summed E-state index contributed by atoms with van der Waals surface area (Å²) in [6.45, 7) is 7.34. The number of hydrogen-bond donors (Lipinski definition) is 1. The fourth-order valence-corrected chi connectivity index (χ4v) is 3.16. The molecule has 0 aliphatic carbocycles. The van der Waals surface area contributed by atoms with Crippen LogP contribution in [0.5, 0.6) is 5.75 Å². The summed E-state index contributed by atoms with van der Waals surface area (Å²) in [5, 5.41) is 0. The topological polar surface area (TPSA) is 41.7 Å². The molecular weight excluding hydrogens is 262 g/mol. The molecule has 0 aromatic heterocycles. The van der Waals surface area contributed by atoms with Gasteiger partial charge in [0.2, 0.25) is 0 Å². The van der Waals surface area contributed by atoms with E-state index in [1.807, 2.05) is 12.1 Å². The summed E-state index contributed by atoms with van der Waals surface area (Å²) in [5.74, 6) is 0.963. The highest BCUT2D eigenvalue weighted by Crippen LogP contribution is 2.24. The van der Waals surface area contributed by atoms with Crippen molar-refractivity contribution in [1.82, 2.24) is 9.80 Å². The molecule has 1 heterocycles. The van der Waals surface area contributed by atoms with Crippen molar-refractivity contribution in [2.75, 3.05) is 33.8 Å². The van der Waals surface area contributed by atoms with Gasteiger partial charge in [0, 0.05) is 24.7 Å². The molecule has 118 valence electrons. The van der Waals surface area contributed by atoms with E-state index >= 15 is 0 Å². The van der Waals surface area contributed by atoms with Crippen LogP contribution in [0.15, 0.2) is 18.2 Å². The van der Waals surface area contributed by atoms with Crippen LogP contribution in [0.25, 0.3) is 0 Å². The molecular formula is C17H29N3O. The summed E-state index contributed by atoms with van der Waals surface area (Å²) in [6.07, 6.45) is 2.51. The van der Waals surface area contributed by atoms with E-state index in [2.05, 4.69) is 29.8 Å². The minimum absolute atomic E-state index is 0.579. The first-order valence-electron chi connectivity index (χ1n) is 7.96. The highest BCUT2D eigenvalue weighted by Gasteiger charge is 2.22. The Morgan fingerprint density at radius 1 is 1.33 bits per heavy atom. The van der Waals surface area contributed by atoms with Gasteiger partial charge >= 0.3 is 0 Å². The summed E-state index contributed by atoms with van der Waals surface area (Å²) >= 11 is 0. The zero-order valence-corrected chi connectivity index (χ0v) is 13.6. The Bertz CT molecular complexity index is 442. The Kier molecular flexibility index (Phi) is 6.03. The van der Waals surface area contributed by atoms with E-state index in [0.717, 1.165) is 12.3 Å². The third kappa shape index (κ3) is 4.19. The number of nitrogens with zero attached hydrogens (tertiary/aromatic N) is 2. The molecule has 0 atom stereocenters. The second kappa shape index (κ2) is 7.78. The number of benzene rings is 1. The van der Waals surface area contributed by atoms with Crippen molar-refractivity contribution in [1.29, 1.82) is 0 Å². The number of hydrogen-bond acceptors (Lipinski definition) is 4. The zero-order valence-electron chi connectivity index (χ0n) is 13.6. The average molecular weight is 291 g/mol. The molecule has 1 saturated heterocycles. The van der Waals surface area contributed by atoms with E-state index in [4.69, 9.17) is 10.5 Å². The van der Waals surface area contributed by atoms with Crippen LogP contribution in [0.3, 0.4) is 0 Å². The van der Waals surface area contributed by atoms with Crippen molar-refractivity contribution in [2.24, 2.45) is 5.73 Å². The minimum Gasteiger partial charge on any atom is -0.496 e. The van der Waals surface area contributed by atoms with Crippen LogP contribution < -0.4 is 10.5 Å². The molecule has 0 saturated carbocycles. The van der Waals surface area contributed by atoms with Gasteiger partial charge in [-0.25, -0.2) is 0 Å². The predicted octanol–water partition coefficient (Wildman–Crippen LogP) is 2.07. The largest absolute Gasteiger partial charge is 0.496 e. The summed E-state index contributed by atoms with van der Waals surface area (Å²) in [4.78, 5) is 4.99. The lowest BCUT2D eigenvalue weighted by Crippen LogP contribution is -2.42. The Morgan fingerprint density at radius 3 is 2.62 bits per heavy atom. The second-order valence-electron chi connectivity index (χ2n) is 5.93. The van der Waals surface area contributed by atoms with Crippen molar-refractivity contribution in [3.8, 4) is 5.75 Å². The molecule has 0 unspecified atom stereocenters. The van der Waals surface area contributed by atoms with Crippen LogP contribution >= 0.6 is 0 Å². The lowest BCUT2D eigenvalue weighted by Gasteiger charge is -2.36. The van der Waals surface area contributed by atoms with Gasteiger partial charge in [0.15, 0.2) is 0 Å². The van der Waals surface area contributed by atoms with Gasteiger partial charge < -0.3 is 15.4 Å². The van der Waals surface area contributed by atoms with Crippen LogP contribution in [-0.4, -0.2) is 49.6 Å². The van der Waals surface area contributed by atoms with Crippen molar-refractivity contribution < 1.29 is 4.74 Å². The Hall–Kier alpha value is -1.10. The van der Waals surface area contributed by atoms with Crippen LogP contribution in [0.1, 0.15) is 30.9 Å². The molecule has 1 aliphatic rings. The Labute approximate surface area is 128 Å². The number of piperidine rings is 1. The van der Waals surface area contributed by atoms with Gasteiger partial charge in [-0.1, -0.05) is 13.0 Å². The van der Waals surface area contributed by atoms with Crippen molar-refractivity contribution in [3.05, 3.63) is 29.3 Å². The molecule has 1 aromatic rings. The monoisotopic (exact) mass is 291 g/mol. The maximum atomic E-state index is 5.75. The standard InChI is InChI=1S/C17H29N3O/c1-4-20-9-7-16(8-10-20)19(2)13-15-11-14(12-18)5-6-17(15)21-3/h5-6,11,16H,4,7-10,12-13,18H2,1-3H3. The van der Waals surface area contributed by atoms with E-state index in [0.29, 0.717) is 12.6 Å². The van der Waals surface area contributed by atoms with Gasteiger partial charge in [-0.3, -0.25) is 4.90 Å². The van der Waals surface area contributed by atoms with E-state index in [1.165, 1.54) is 43.6 Å². The van der Waals surface area contributed by atoms with Crippen LogP contribution in [-0.2, 0) is 13.1 Å². The predicted molar refractivity (Wildman–Crippen MR) is 87.5 cm³/mol. The lowest BCUT2D eigenvalue weighted by molar-refractivity contribution is 0.126. The third-order valence-corrected chi connectivity index (χ3v) is 4.63. The van der Waals surface area contributed by atoms with Gasteiger partial charge in [-0.15, -0.1) is 0 Å². The quantitative estimate of drug-likeness (QED) is 0.871. The molecule has 0 spiro atoms. The molecule has 0 amide bonds. The summed E-state index contributed by atoms with van der Waals surface area (Å²) in [7, 11) is 3.96. The molecule has 21 heavy (non-hydrogen) atoms. The minimum atomic E-state index is 0.579. The number of nitrogens with two attached hydrogens (primary N) is 1. The van der Waals surface area contributed by atoms with Gasteiger partial charge in [-0.2, -0.15) is 0 Å². The van der Waals surface area contributed by atoms with Crippen molar-refractivity contribution in [2.45, 2.75) is 38.9 Å². The Balaban J connectivity index is 2.00. The molecule has 2 N–H and O–H groups in total. The van der Waals surface area contributed by atoms with Crippen LogP contribution in [0.2, 0.25) is 0 Å². The van der Waals surface area contributed by atoms with Crippen LogP contribution in [0.4, 0.5) is 0 Å². The fraction of sp³-hybridized carbons (Fsp3) is 0.647. The maximum Gasteiger partial charge on any atom is 0.123 e. The summed E-state index contributed by atoms with van der Waals surface area (Å²) in [6, 6.07) is 6.92. The molecule has 1 aromatic carbocycles. The maximum absolute atomic E-state index is 5.75. The Morgan fingerprint density at radius 2 is 2.05 bits per heavy atom. The molecule has 2 rings (SSSR count). The summed E-state index contributed by atoms with van der Waals surface area (Å²) in [5.41, 5.74) is 8.16. The van der Waals surface area contributed by atoms with Gasteiger partial charge in [0.1, 0.15) is 5.75 Å². The molecule has 4 heteroatoms. The third-order valence-electron chi connectivity index (χ3n) is 4.63. The zero-order chi connectivity index (χ0) is 15.2. The molecule has 0 bridgehead atoms. The average Bonchev–Trinajstić information content (AvgIpc) is 2.54. The number of likely N-dealkylation sites (tertiary alicyclic amines) is 1. The number of rotatable bonds is 6. The van der Waals surface area contributed by atoms with E-state index in [9.17, 15) is 0 Å². The lowest BCUT2D eigenvalue weighted by atomic mass is 10.0. The van der Waals surface area contributed by atoms with Crippen LogP contribution in [0, 0.1) is 0 Å². The second-order valence-corrected chi connectivity index (χ2v) is 5.93. The van der Waals surface area contributed by atoms with E-state index in [1.54, 1.807) is 7.11 Å². The first-order chi connectivity index (χ1) is 10.2. The molecule has 4 nitrogen and oxygen atoms in total. The fourth-order valence-electron chi connectivity index (χ4n) is 3.16. The van der Waals surface area contributed by atoms with E-state index in [-0.39, 0.29) is 0 Å². The highest BCUT2D eigenvalue weighted by molar-refractivity contribution is 5.37. The van der Waals surface area contributed by atoms with Crippen molar-refractivity contribution in [3.63, 3.8) is 0 Å². The highest BCUT2D eigenvalue weighted by atomic mass is 16.5. The first kappa shape index (κ1) is 16.3. The van der Waals surface area contributed by atoms with Gasteiger partial charge in [0.05, 0.1) is 7.11 Å².